The van der Waals surface area contributed by atoms with E-state index in [2.05, 4.69) is 5.32 Å². The summed E-state index contributed by atoms with van der Waals surface area (Å²) >= 11 is 0. The summed E-state index contributed by atoms with van der Waals surface area (Å²) in [4.78, 5) is 11.0. The summed E-state index contributed by atoms with van der Waals surface area (Å²) in [5.41, 5.74) is 0.567. The second kappa shape index (κ2) is 8.33. The van der Waals surface area contributed by atoms with Gasteiger partial charge >= 0.3 is 5.97 Å². The summed E-state index contributed by atoms with van der Waals surface area (Å²) in [7, 11) is 7.39. The topological polar surface area (TPSA) is 95.5 Å². The molecule has 2 N–H and O–H groups in total. The number of hydrogen-bond acceptors (Lipinski definition) is 7. The predicted molar refractivity (Wildman–Crippen MR) is 83.1 cm³/mol. The molecule has 1 atom stereocenters. The lowest BCUT2D eigenvalue weighted by atomic mass is 10.1. The summed E-state index contributed by atoms with van der Waals surface area (Å²) in [5, 5.41) is 11.9. The highest BCUT2D eigenvalue weighted by atomic mass is 16.6. The van der Waals surface area contributed by atoms with Crippen LogP contribution in [0.1, 0.15) is 12.5 Å². The minimum absolute atomic E-state index is 0.177. The molecule has 0 aromatic heterocycles. The van der Waals surface area contributed by atoms with Crippen LogP contribution in [0, 0.1) is 0 Å². The maximum absolute atomic E-state index is 11.0. The van der Waals surface area contributed by atoms with Gasteiger partial charge in [0, 0.05) is 6.54 Å². The van der Waals surface area contributed by atoms with Gasteiger partial charge in [0.1, 0.15) is 6.04 Å². The van der Waals surface area contributed by atoms with E-state index in [1.807, 2.05) is 0 Å². The molecule has 130 valence electrons. The van der Waals surface area contributed by atoms with Crippen LogP contribution >= 0.6 is 0 Å². The van der Waals surface area contributed by atoms with Crippen molar-refractivity contribution in [1.82, 2.24) is 5.32 Å². The van der Waals surface area contributed by atoms with Gasteiger partial charge in [-0.3, -0.25) is 4.79 Å². The van der Waals surface area contributed by atoms with Gasteiger partial charge in [-0.25, -0.2) is 0 Å². The van der Waals surface area contributed by atoms with Crippen LogP contribution in [0.3, 0.4) is 0 Å². The van der Waals surface area contributed by atoms with Crippen LogP contribution < -0.4 is 29.0 Å². The fourth-order valence-electron chi connectivity index (χ4n) is 2.18. The van der Waals surface area contributed by atoms with Gasteiger partial charge in [-0.05, 0) is 6.92 Å². The Balaban J connectivity index is 3.49. The molecule has 1 aromatic rings. The Bertz CT molecular complexity index is 526. The molecule has 8 nitrogen and oxygen atoms in total. The van der Waals surface area contributed by atoms with Gasteiger partial charge in [0.05, 0.1) is 41.1 Å². The van der Waals surface area contributed by atoms with Gasteiger partial charge in [0.15, 0.2) is 11.5 Å². The summed E-state index contributed by atoms with van der Waals surface area (Å²) in [6.07, 6.45) is 0. The molecule has 0 fully saturated rings. The molecule has 0 saturated carbocycles. The van der Waals surface area contributed by atoms with Crippen LogP contribution in [0.4, 0.5) is 0 Å². The molecule has 8 heteroatoms. The van der Waals surface area contributed by atoms with Crippen molar-refractivity contribution in [2.45, 2.75) is 19.5 Å². The minimum Gasteiger partial charge on any atom is -0.492 e. The van der Waals surface area contributed by atoms with E-state index in [1.165, 1.54) is 35.5 Å². The van der Waals surface area contributed by atoms with Crippen LogP contribution in [0.5, 0.6) is 28.7 Å². The molecule has 0 aliphatic rings. The first kappa shape index (κ1) is 18.7. The molecule has 1 aromatic carbocycles. The first-order valence-electron chi connectivity index (χ1n) is 6.85. The van der Waals surface area contributed by atoms with Crippen LogP contribution in [0.15, 0.2) is 0 Å². The van der Waals surface area contributed by atoms with E-state index in [-0.39, 0.29) is 6.54 Å². The van der Waals surface area contributed by atoms with Gasteiger partial charge < -0.3 is 34.1 Å². The Hall–Kier alpha value is -2.35. The third-order valence-corrected chi connectivity index (χ3v) is 3.35. The maximum Gasteiger partial charge on any atom is 0.320 e. The molecule has 0 radical (unpaired) electrons. The molecule has 0 bridgehead atoms. The number of hydrogen-bond donors (Lipinski definition) is 2. The van der Waals surface area contributed by atoms with Crippen molar-refractivity contribution in [2.24, 2.45) is 0 Å². The van der Waals surface area contributed by atoms with Crippen molar-refractivity contribution in [2.75, 3.05) is 35.5 Å². The standard InChI is InChI=1S/C15H23NO7/c1-8(15(17)18)16-7-9-10(19-2)12(21-4)14(23-6)13(22-5)11(9)20-3/h8,16H,7H2,1-6H3,(H,17,18). The molecule has 0 heterocycles. The molecular weight excluding hydrogens is 306 g/mol. The first-order valence-corrected chi connectivity index (χ1v) is 6.85. The number of rotatable bonds is 9. The highest BCUT2D eigenvalue weighted by Crippen LogP contribution is 2.53. The van der Waals surface area contributed by atoms with Crippen LogP contribution in [0.25, 0.3) is 0 Å². The van der Waals surface area contributed by atoms with E-state index in [0.29, 0.717) is 34.3 Å². The van der Waals surface area contributed by atoms with Gasteiger partial charge in [-0.1, -0.05) is 0 Å². The van der Waals surface area contributed by atoms with E-state index in [4.69, 9.17) is 28.8 Å². The molecule has 1 unspecified atom stereocenters. The molecule has 0 aliphatic carbocycles. The molecule has 0 amide bonds. The zero-order valence-corrected chi connectivity index (χ0v) is 14.2. The second-order valence-corrected chi connectivity index (χ2v) is 4.59. The average Bonchev–Trinajstić information content (AvgIpc) is 2.56. The largest absolute Gasteiger partial charge is 0.492 e. The van der Waals surface area contributed by atoms with Gasteiger partial charge in [0.25, 0.3) is 0 Å². The van der Waals surface area contributed by atoms with Crippen molar-refractivity contribution in [3.05, 3.63) is 5.56 Å². The summed E-state index contributed by atoms with van der Waals surface area (Å²) in [5.74, 6) is 0.813. The van der Waals surface area contributed by atoms with Gasteiger partial charge in [0.2, 0.25) is 17.2 Å². The van der Waals surface area contributed by atoms with Crippen LogP contribution in [0.2, 0.25) is 0 Å². The van der Waals surface area contributed by atoms with E-state index >= 15 is 0 Å². The Labute approximate surface area is 135 Å². The SMILES string of the molecule is COc1c(CNC(C)C(=O)O)c(OC)c(OC)c(OC)c1OC. The zero-order valence-electron chi connectivity index (χ0n) is 14.2. The van der Waals surface area contributed by atoms with E-state index < -0.39 is 12.0 Å². The molecule has 0 saturated heterocycles. The highest BCUT2D eigenvalue weighted by Gasteiger charge is 2.28. The van der Waals surface area contributed by atoms with E-state index in [1.54, 1.807) is 6.92 Å². The van der Waals surface area contributed by atoms with Gasteiger partial charge in [-0.2, -0.15) is 0 Å². The second-order valence-electron chi connectivity index (χ2n) is 4.59. The number of ether oxygens (including phenoxy) is 5. The van der Waals surface area contributed by atoms with Crippen molar-refractivity contribution < 1.29 is 33.6 Å². The number of nitrogens with one attached hydrogen (secondary N) is 1. The van der Waals surface area contributed by atoms with E-state index in [0.717, 1.165) is 0 Å². The number of benzene rings is 1. The lowest BCUT2D eigenvalue weighted by Crippen LogP contribution is -2.33. The predicted octanol–water partition coefficient (Wildman–Crippen LogP) is 1.29. The number of methoxy groups -OCH3 is 5. The molecule has 23 heavy (non-hydrogen) atoms. The van der Waals surface area contributed by atoms with Gasteiger partial charge in [-0.15, -0.1) is 0 Å². The minimum atomic E-state index is -0.963. The summed E-state index contributed by atoms with van der Waals surface area (Å²) < 4.78 is 26.9. The zero-order chi connectivity index (χ0) is 17.6. The summed E-state index contributed by atoms with van der Waals surface area (Å²) in [6.45, 7) is 1.72. The average molecular weight is 329 g/mol. The van der Waals surface area contributed by atoms with Crippen molar-refractivity contribution in [1.29, 1.82) is 0 Å². The number of aliphatic carboxylic acids is 1. The number of carboxylic acids is 1. The Kier molecular flexibility index (Phi) is 6.77. The smallest absolute Gasteiger partial charge is 0.320 e. The molecular formula is C15H23NO7. The summed E-state index contributed by atoms with van der Waals surface area (Å²) in [6, 6.07) is -0.747. The quantitative estimate of drug-likeness (QED) is 0.700. The molecule has 0 spiro atoms. The molecule has 0 aliphatic heterocycles. The lowest BCUT2D eigenvalue weighted by Gasteiger charge is -2.22. The lowest BCUT2D eigenvalue weighted by molar-refractivity contribution is -0.139. The fraction of sp³-hybridized carbons (Fsp3) is 0.533. The van der Waals surface area contributed by atoms with Crippen LogP contribution in [-0.2, 0) is 11.3 Å². The van der Waals surface area contributed by atoms with Crippen molar-refractivity contribution in [3.63, 3.8) is 0 Å². The third kappa shape index (κ3) is 3.70. The Morgan fingerprint density at radius 2 is 1.22 bits per heavy atom. The van der Waals surface area contributed by atoms with E-state index in [9.17, 15) is 4.79 Å². The maximum atomic E-state index is 11.0. The Morgan fingerprint density at radius 3 is 1.52 bits per heavy atom. The molecule has 1 rings (SSSR count). The van der Waals surface area contributed by atoms with Crippen LogP contribution in [-0.4, -0.2) is 52.7 Å². The fourth-order valence-corrected chi connectivity index (χ4v) is 2.18. The first-order chi connectivity index (χ1) is 11.0. The third-order valence-electron chi connectivity index (χ3n) is 3.35. The monoisotopic (exact) mass is 329 g/mol. The Morgan fingerprint density at radius 1 is 0.870 bits per heavy atom. The van der Waals surface area contributed by atoms with Crippen molar-refractivity contribution in [3.8, 4) is 28.7 Å². The number of carbonyl (C=O) groups is 1. The number of carboxylic acid groups (broad SMARTS) is 1. The highest BCUT2D eigenvalue weighted by molar-refractivity contribution is 5.73. The van der Waals surface area contributed by atoms with Crippen molar-refractivity contribution >= 4 is 5.97 Å². The normalized spacial score (nSPS) is 11.6.